The molecule has 0 atom stereocenters. The summed E-state index contributed by atoms with van der Waals surface area (Å²) in [5, 5.41) is 1.02. The van der Waals surface area contributed by atoms with Gasteiger partial charge in [0, 0.05) is 10.7 Å². The Morgan fingerprint density at radius 1 is 1.00 bits per heavy atom. The van der Waals surface area contributed by atoms with E-state index in [0.717, 1.165) is 11.8 Å². The van der Waals surface area contributed by atoms with Gasteiger partial charge in [-0.2, -0.15) is 0 Å². The van der Waals surface area contributed by atoms with Crippen molar-refractivity contribution in [2.45, 2.75) is 25.7 Å². The lowest BCUT2D eigenvalue weighted by molar-refractivity contribution is 0.660. The van der Waals surface area contributed by atoms with Gasteiger partial charge >= 0.3 is 0 Å². The monoisotopic (exact) mass is 326 g/mol. The third-order valence-electron chi connectivity index (χ3n) is 4.19. The zero-order valence-corrected chi connectivity index (χ0v) is 13.6. The molecule has 3 rings (SSSR count). The maximum absolute atomic E-state index is 3.46. The molecule has 2 aromatic rings. The quantitative estimate of drug-likeness (QED) is 0.626. The lowest BCUT2D eigenvalue weighted by Gasteiger charge is -2.21. The van der Waals surface area contributed by atoms with Crippen LogP contribution in [0.25, 0.3) is 17.2 Å². The Kier molecular flexibility index (Phi) is 3.55. The fourth-order valence-corrected chi connectivity index (χ4v) is 3.37. The van der Waals surface area contributed by atoms with Crippen LogP contribution in [0.1, 0.15) is 37.0 Å². The van der Waals surface area contributed by atoms with Crippen molar-refractivity contribution in [1.82, 2.24) is 0 Å². The van der Waals surface area contributed by atoms with Crippen molar-refractivity contribution >= 4 is 22.0 Å². The van der Waals surface area contributed by atoms with Crippen LogP contribution < -0.4 is 0 Å². The summed E-state index contributed by atoms with van der Waals surface area (Å²) in [7, 11) is 0. The molecule has 0 aromatic heterocycles. The molecule has 20 heavy (non-hydrogen) atoms. The second-order valence-corrected chi connectivity index (χ2v) is 6.65. The Hall–Kier alpha value is -1.34. The Labute approximate surface area is 129 Å². The molecule has 0 heterocycles. The molecule has 0 spiro atoms. The first-order chi connectivity index (χ1) is 9.64. The Morgan fingerprint density at radius 3 is 2.55 bits per heavy atom. The molecule has 0 aliphatic heterocycles. The summed E-state index contributed by atoms with van der Waals surface area (Å²) in [6.45, 7) is 4.65. The van der Waals surface area contributed by atoms with Crippen LogP contribution in [0.3, 0.4) is 0 Å². The minimum atomic E-state index is 0.102. The van der Waals surface area contributed by atoms with Gasteiger partial charge in [0.15, 0.2) is 0 Å². The smallest absolute Gasteiger partial charge is 0.0159 e. The number of rotatable bonds is 3. The molecule has 0 bridgehead atoms. The van der Waals surface area contributed by atoms with Gasteiger partial charge in [0.2, 0.25) is 0 Å². The third kappa shape index (κ3) is 2.14. The molecular weight excluding hydrogens is 308 g/mol. The summed E-state index contributed by atoms with van der Waals surface area (Å²) in [5.74, 6) is 0. The minimum absolute atomic E-state index is 0.102. The number of benzene rings is 2. The van der Waals surface area contributed by atoms with E-state index in [1.54, 1.807) is 0 Å². The summed E-state index contributed by atoms with van der Waals surface area (Å²) < 4.78 is 0. The van der Waals surface area contributed by atoms with Crippen molar-refractivity contribution in [2.75, 3.05) is 5.33 Å². The predicted molar refractivity (Wildman–Crippen MR) is 91.5 cm³/mol. The lowest BCUT2D eigenvalue weighted by Crippen LogP contribution is -2.14. The van der Waals surface area contributed by atoms with Crippen LogP contribution in [0.4, 0.5) is 0 Å². The molecule has 0 nitrogen and oxygen atoms in total. The molecule has 0 fully saturated rings. The van der Waals surface area contributed by atoms with E-state index in [1.165, 1.54) is 27.8 Å². The highest BCUT2D eigenvalue weighted by atomic mass is 79.9. The highest BCUT2D eigenvalue weighted by Crippen LogP contribution is 2.48. The first-order valence-corrected chi connectivity index (χ1v) is 8.23. The van der Waals surface area contributed by atoms with Gasteiger partial charge < -0.3 is 0 Å². The van der Waals surface area contributed by atoms with Crippen LogP contribution in [0.15, 0.2) is 48.5 Å². The normalized spacial score (nSPS) is 15.3. The van der Waals surface area contributed by atoms with Gasteiger partial charge in [0.1, 0.15) is 0 Å². The predicted octanol–water partition coefficient (Wildman–Crippen LogP) is 5.79. The topological polar surface area (TPSA) is 0 Å². The molecule has 0 N–H and O–H groups in total. The first-order valence-electron chi connectivity index (χ1n) is 7.11. The summed E-state index contributed by atoms with van der Waals surface area (Å²) in [6, 6.07) is 15.6. The fraction of sp³-hybridized carbons (Fsp3) is 0.263. The van der Waals surface area contributed by atoms with Crippen LogP contribution >= 0.6 is 15.9 Å². The van der Waals surface area contributed by atoms with Gasteiger partial charge in [-0.25, -0.2) is 0 Å². The second kappa shape index (κ2) is 5.21. The van der Waals surface area contributed by atoms with Crippen molar-refractivity contribution < 1.29 is 0 Å². The summed E-state index contributed by atoms with van der Waals surface area (Å²) in [4.78, 5) is 0. The molecular formula is C19H19Br. The molecule has 0 radical (unpaired) electrons. The molecule has 1 aliphatic carbocycles. The number of halogens is 1. The van der Waals surface area contributed by atoms with Gasteiger partial charge in [0.05, 0.1) is 0 Å². The SMILES string of the molecule is CC1(C)c2ccccc2-c2ccc(C=CCCBr)cc21. The van der Waals surface area contributed by atoms with Gasteiger partial charge in [-0.05, 0) is 34.2 Å². The van der Waals surface area contributed by atoms with Crippen LogP contribution in [-0.2, 0) is 5.41 Å². The number of fused-ring (bicyclic) bond motifs is 3. The first kappa shape index (κ1) is 13.6. The van der Waals surface area contributed by atoms with Crippen LogP contribution in [-0.4, -0.2) is 5.33 Å². The van der Waals surface area contributed by atoms with Crippen molar-refractivity contribution in [3.05, 3.63) is 65.2 Å². The highest BCUT2D eigenvalue weighted by molar-refractivity contribution is 9.09. The van der Waals surface area contributed by atoms with Crippen LogP contribution in [0.2, 0.25) is 0 Å². The zero-order valence-electron chi connectivity index (χ0n) is 12.0. The Morgan fingerprint density at radius 2 is 1.75 bits per heavy atom. The van der Waals surface area contributed by atoms with Gasteiger partial charge in [-0.1, -0.05) is 84.4 Å². The number of alkyl halides is 1. The standard InChI is InChI=1S/C19H19Br/c1-19(2)17-9-4-3-8-15(17)16-11-10-14(13-18(16)19)7-5-6-12-20/h3-5,7-11,13H,6,12H2,1-2H3. The number of allylic oxidation sites excluding steroid dienone is 1. The molecule has 1 heteroatoms. The van der Waals surface area contributed by atoms with Crippen molar-refractivity contribution in [3.63, 3.8) is 0 Å². The van der Waals surface area contributed by atoms with Crippen LogP contribution in [0, 0.1) is 0 Å². The van der Waals surface area contributed by atoms with E-state index in [1.807, 2.05) is 0 Å². The number of hydrogen-bond acceptors (Lipinski definition) is 0. The van der Waals surface area contributed by atoms with Crippen molar-refractivity contribution in [2.24, 2.45) is 0 Å². The lowest BCUT2D eigenvalue weighted by atomic mass is 9.82. The highest BCUT2D eigenvalue weighted by Gasteiger charge is 2.34. The van der Waals surface area contributed by atoms with E-state index in [4.69, 9.17) is 0 Å². The van der Waals surface area contributed by atoms with Gasteiger partial charge in [0.25, 0.3) is 0 Å². The average molecular weight is 327 g/mol. The van der Waals surface area contributed by atoms with Crippen molar-refractivity contribution in [3.8, 4) is 11.1 Å². The Balaban J connectivity index is 2.08. The van der Waals surface area contributed by atoms with Crippen molar-refractivity contribution in [1.29, 1.82) is 0 Å². The van der Waals surface area contributed by atoms with E-state index < -0.39 is 0 Å². The van der Waals surface area contributed by atoms with Gasteiger partial charge in [-0.15, -0.1) is 0 Å². The van der Waals surface area contributed by atoms with E-state index in [2.05, 4.69) is 84.4 Å². The summed E-state index contributed by atoms with van der Waals surface area (Å²) in [6.07, 6.45) is 5.52. The second-order valence-electron chi connectivity index (χ2n) is 5.86. The minimum Gasteiger partial charge on any atom is -0.0925 e. The summed E-state index contributed by atoms with van der Waals surface area (Å²) in [5.41, 5.74) is 7.07. The van der Waals surface area contributed by atoms with E-state index in [9.17, 15) is 0 Å². The van der Waals surface area contributed by atoms with Gasteiger partial charge in [-0.3, -0.25) is 0 Å². The fourth-order valence-electron chi connectivity index (χ4n) is 3.11. The molecule has 2 aromatic carbocycles. The zero-order chi connectivity index (χ0) is 14.2. The Bertz CT molecular complexity index is 665. The molecule has 1 aliphatic rings. The van der Waals surface area contributed by atoms with E-state index in [-0.39, 0.29) is 5.41 Å². The molecule has 0 amide bonds. The number of hydrogen-bond donors (Lipinski definition) is 0. The van der Waals surface area contributed by atoms with E-state index >= 15 is 0 Å². The maximum atomic E-state index is 3.46. The molecule has 0 saturated heterocycles. The largest absolute Gasteiger partial charge is 0.0925 e. The summed E-state index contributed by atoms with van der Waals surface area (Å²) >= 11 is 3.46. The molecule has 0 saturated carbocycles. The van der Waals surface area contributed by atoms with E-state index in [0.29, 0.717) is 0 Å². The molecule has 102 valence electrons. The molecule has 0 unspecified atom stereocenters. The third-order valence-corrected chi connectivity index (χ3v) is 4.65. The average Bonchev–Trinajstić information content (AvgIpc) is 2.69. The maximum Gasteiger partial charge on any atom is 0.0159 e. The van der Waals surface area contributed by atoms with Crippen LogP contribution in [0.5, 0.6) is 0 Å².